The topological polar surface area (TPSA) is 29.5 Å². The van der Waals surface area contributed by atoms with Gasteiger partial charge in [-0.25, -0.2) is 0 Å². The van der Waals surface area contributed by atoms with Crippen LogP contribution in [0.5, 0.6) is 11.5 Å². The first-order valence-electron chi connectivity index (χ1n) is 5.37. The van der Waals surface area contributed by atoms with Crippen LogP contribution in [0.15, 0.2) is 48.5 Å². The Labute approximate surface area is 105 Å². The van der Waals surface area contributed by atoms with E-state index in [1.54, 1.807) is 31.2 Å². The van der Waals surface area contributed by atoms with Crippen LogP contribution in [-0.2, 0) is 0 Å². The third-order valence-electron chi connectivity index (χ3n) is 2.41. The summed E-state index contributed by atoms with van der Waals surface area (Å²) in [6, 6.07) is 14.5. The lowest BCUT2D eigenvalue weighted by Gasteiger charge is -2.12. The Kier molecular flexibility index (Phi) is 3.67. The minimum absolute atomic E-state index is 0.557. The van der Waals surface area contributed by atoms with Gasteiger partial charge in [0.05, 0.1) is 6.10 Å². The van der Waals surface area contributed by atoms with Gasteiger partial charge >= 0.3 is 0 Å². The molecule has 0 saturated carbocycles. The molecule has 0 bridgehead atoms. The van der Waals surface area contributed by atoms with Crippen LogP contribution in [0.1, 0.15) is 18.6 Å². The Morgan fingerprint density at radius 2 is 1.71 bits per heavy atom. The van der Waals surface area contributed by atoms with Crippen molar-refractivity contribution in [2.45, 2.75) is 13.0 Å². The summed E-state index contributed by atoms with van der Waals surface area (Å²) < 4.78 is 5.71. The van der Waals surface area contributed by atoms with Crippen molar-refractivity contribution >= 4 is 11.6 Å². The van der Waals surface area contributed by atoms with Crippen LogP contribution in [0.3, 0.4) is 0 Å². The van der Waals surface area contributed by atoms with Crippen molar-refractivity contribution < 1.29 is 9.84 Å². The van der Waals surface area contributed by atoms with E-state index in [4.69, 9.17) is 16.3 Å². The standard InChI is InChI=1S/C14H13ClO2/c1-10(16)13-4-2-3-5-14(13)17-12-8-6-11(15)7-9-12/h2-10,16H,1H3. The number of halogens is 1. The van der Waals surface area contributed by atoms with Gasteiger partial charge in [-0.15, -0.1) is 0 Å². The molecule has 2 rings (SSSR count). The molecule has 0 aromatic heterocycles. The second kappa shape index (κ2) is 5.21. The average molecular weight is 249 g/mol. The zero-order chi connectivity index (χ0) is 12.3. The van der Waals surface area contributed by atoms with Gasteiger partial charge in [0.2, 0.25) is 0 Å². The Morgan fingerprint density at radius 1 is 1.06 bits per heavy atom. The van der Waals surface area contributed by atoms with Crippen LogP contribution in [0.4, 0.5) is 0 Å². The zero-order valence-corrected chi connectivity index (χ0v) is 10.2. The van der Waals surface area contributed by atoms with Crippen LogP contribution in [0.2, 0.25) is 5.02 Å². The molecule has 0 aliphatic carbocycles. The minimum Gasteiger partial charge on any atom is -0.457 e. The lowest BCUT2D eigenvalue weighted by molar-refractivity contribution is 0.195. The second-order valence-electron chi connectivity index (χ2n) is 3.77. The van der Waals surface area contributed by atoms with Gasteiger partial charge in [0.1, 0.15) is 11.5 Å². The molecule has 0 aliphatic heterocycles. The molecule has 0 spiro atoms. The molecule has 3 heteroatoms. The summed E-state index contributed by atoms with van der Waals surface area (Å²) in [5.41, 5.74) is 0.766. The van der Waals surface area contributed by atoms with Gasteiger partial charge in [-0.2, -0.15) is 0 Å². The Balaban J connectivity index is 2.26. The molecular weight excluding hydrogens is 236 g/mol. The lowest BCUT2D eigenvalue weighted by Crippen LogP contribution is -1.95. The summed E-state index contributed by atoms with van der Waals surface area (Å²) in [7, 11) is 0. The normalized spacial score (nSPS) is 12.2. The first-order valence-corrected chi connectivity index (χ1v) is 5.75. The van der Waals surface area contributed by atoms with Crippen molar-refractivity contribution in [1.29, 1.82) is 0 Å². The number of aliphatic hydroxyl groups is 1. The van der Waals surface area contributed by atoms with Gasteiger partial charge in [-0.05, 0) is 37.3 Å². The third-order valence-corrected chi connectivity index (χ3v) is 2.66. The summed E-state index contributed by atoms with van der Waals surface area (Å²) >= 11 is 5.80. The third kappa shape index (κ3) is 2.99. The molecule has 0 amide bonds. The highest BCUT2D eigenvalue weighted by atomic mass is 35.5. The van der Waals surface area contributed by atoms with Crippen molar-refractivity contribution in [1.82, 2.24) is 0 Å². The molecule has 0 fully saturated rings. The van der Waals surface area contributed by atoms with E-state index >= 15 is 0 Å². The molecule has 0 heterocycles. The number of hydrogen-bond acceptors (Lipinski definition) is 2. The Hall–Kier alpha value is -1.51. The van der Waals surface area contributed by atoms with Crippen molar-refractivity contribution in [3.8, 4) is 11.5 Å². The molecule has 0 saturated heterocycles. The summed E-state index contributed by atoms with van der Waals surface area (Å²) in [6.45, 7) is 1.71. The SMILES string of the molecule is CC(O)c1ccccc1Oc1ccc(Cl)cc1. The molecule has 1 N–H and O–H groups in total. The van der Waals surface area contributed by atoms with Crippen LogP contribution in [0, 0.1) is 0 Å². The van der Waals surface area contributed by atoms with Gasteiger partial charge in [0, 0.05) is 10.6 Å². The van der Waals surface area contributed by atoms with E-state index in [2.05, 4.69) is 0 Å². The van der Waals surface area contributed by atoms with Crippen LogP contribution in [0.25, 0.3) is 0 Å². The van der Waals surface area contributed by atoms with Crippen LogP contribution < -0.4 is 4.74 Å². The number of rotatable bonds is 3. The highest BCUT2D eigenvalue weighted by molar-refractivity contribution is 6.30. The summed E-state index contributed by atoms with van der Waals surface area (Å²) in [5.74, 6) is 1.35. The fourth-order valence-electron chi connectivity index (χ4n) is 1.55. The van der Waals surface area contributed by atoms with Gasteiger partial charge in [-0.3, -0.25) is 0 Å². The van der Waals surface area contributed by atoms with Gasteiger partial charge < -0.3 is 9.84 Å². The molecule has 17 heavy (non-hydrogen) atoms. The summed E-state index contributed by atoms with van der Waals surface area (Å²) in [5, 5.41) is 10.3. The van der Waals surface area contributed by atoms with E-state index in [0.29, 0.717) is 16.5 Å². The highest BCUT2D eigenvalue weighted by Gasteiger charge is 2.08. The Bertz CT molecular complexity index is 492. The van der Waals surface area contributed by atoms with Gasteiger partial charge in [-0.1, -0.05) is 29.8 Å². The number of hydrogen-bond donors (Lipinski definition) is 1. The second-order valence-corrected chi connectivity index (χ2v) is 4.21. The van der Waals surface area contributed by atoms with E-state index in [1.807, 2.05) is 24.3 Å². The largest absolute Gasteiger partial charge is 0.457 e. The quantitative estimate of drug-likeness (QED) is 0.883. The lowest BCUT2D eigenvalue weighted by atomic mass is 10.1. The van der Waals surface area contributed by atoms with E-state index in [9.17, 15) is 5.11 Å². The van der Waals surface area contributed by atoms with Crippen molar-refractivity contribution in [2.24, 2.45) is 0 Å². The molecule has 1 atom stereocenters. The van der Waals surface area contributed by atoms with Gasteiger partial charge in [0.15, 0.2) is 0 Å². The van der Waals surface area contributed by atoms with E-state index < -0.39 is 6.10 Å². The minimum atomic E-state index is -0.557. The molecule has 0 aliphatic rings. The molecule has 2 aromatic rings. The first kappa shape index (κ1) is 12.0. The van der Waals surface area contributed by atoms with E-state index in [0.717, 1.165) is 5.56 Å². The maximum absolute atomic E-state index is 9.63. The van der Waals surface area contributed by atoms with Crippen molar-refractivity contribution in [3.05, 3.63) is 59.1 Å². The molecule has 2 aromatic carbocycles. The van der Waals surface area contributed by atoms with Gasteiger partial charge in [0.25, 0.3) is 0 Å². The maximum atomic E-state index is 9.63. The van der Waals surface area contributed by atoms with Crippen LogP contribution in [-0.4, -0.2) is 5.11 Å². The fraction of sp³-hybridized carbons (Fsp3) is 0.143. The Morgan fingerprint density at radius 3 is 2.35 bits per heavy atom. The predicted octanol–water partition coefficient (Wildman–Crippen LogP) is 4.19. The number of ether oxygens (including phenoxy) is 1. The molecular formula is C14H13ClO2. The smallest absolute Gasteiger partial charge is 0.133 e. The predicted molar refractivity (Wildman–Crippen MR) is 68.6 cm³/mol. The fourth-order valence-corrected chi connectivity index (χ4v) is 1.67. The number of benzene rings is 2. The van der Waals surface area contributed by atoms with Crippen molar-refractivity contribution in [3.63, 3.8) is 0 Å². The van der Waals surface area contributed by atoms with Crippen LogP contribution >= 0.6 is 11.6 Å². The summed E-state index contributed by atoms with van der Waals surface area (Å²) in [4.78, 5) is 0. The van der Waals surface area contributed by atoms with E-state index in [1.165, 1.54) is 0 Å². The number of aliphatic hydroxyl groups excluding tert-OH is 1. The van der Waals surface area contributed by atoms with E-state index in [-0.39, 0.29) is 0 Å². The zero-order valence-electron chi connectivity index (χ0n) is 9.43. The molecule has 2 nitrogen and oxygen atoms in total. The molecule has 1 unspecified atom stereocenters. The molecule has 88 valence electrons. The first-order chi connectivity index (χ1) is 8.16. The maximum Gasteiger partial charge on any atom is 0.133 e. The highest BCUT2D eigenvalue weighted by Crippen LogP contribution is 2.29. The average Bonchev–Trinajstić information content (AvgIpc) is 2.32. The summed E-state index contributed by atoms with van der Waals surface area (Å²) in [6.07, 6.45) is -0.557. The van der Waals surface area contributed by atoms with Crippen molar-refractivity contribution in [2.75, 3.05) is 0 Å². The number of para-hydroxylation sites is 1. The monoisotopic (exact) mass is 248 g/mol. The molecule has 0 radical (unpaired) electrons.